The molecule has 0 aliphatic carbocycles. The normalized spacial score (nSPS) is 12.2. The van der Waals surface area contributed by atoms with Gasteiger partial charge in [-0.05, 0) is 71.1 Å². The first-order chi connectivity index (χ1) is 10.0. The molecule has 0 fully saturated rings. The minimum absolute atomic E-state index is 0.296. The number of hydrogen-bond acceptors (Lipinski definition) is 1. The molecule has 0 saturated carbocycles. The molecule has 0 aliphatic rings. The van der Waals surface area contributed by atoms with Crippen LogP contribution in [0.4, 0.5) is 5.69 Å². The first-order valence-electron chi connectivity index (χ1n) is 7.30. The summed E-state index contributed by atoms with van der Waals surface area (Å²) in [6.07, 6.45) is 2.21. The summed E-state index contributed by atoms with van der Waals surface area (Å²) in [6, 6.07) is 12.8. The molecule has 2 rings (SSSR count). The van der Waals surface area contributed by atoms with Crippen molar-refractivity contribution in [1.82, 2.24) is 0 Å². The van der Waals surface area contributed by atoms with Crippen molar-refractivity contribution in [2.75, 3.05) is 5.32 Å². The van der Waals surface area contributed by atoms with E-state index in [9.17, 15) is 0 Å². The van der Waals surface area contributed by atoms with Crippen LogP contribution in [0.25, 0.3) is 0 Å². The second kappa shape index (κ2) is 7.33. The SMILES string of the molecule is CCCC(Nc1c(C)cc(C)cc1Br)c1ccc(Cl)cc1. The highest BCUT2D eigenvalue weighted by Gasteiger charge is 2.14. The van der Waals surface area contributed by atoms with E-state index in [0.29, 0.717) is 6.04 Å². The number of rotatable bonds is 5. The summed E-state index contributed by atoms with van der Waals surface area (Å²) in [6.45, 7) is 6.47. The van der Waals surface area contributed by atoms with Crippen molar-refractivity contribution in [3.8, 4) is 0 Å². The molecule has 21 heavy (non-hydrogen) atoms. The third-order valence-electron chi connectivity index (χ3n) is 3.60. The van der Waals surface area contributed by atoms with Crippen molar-refractivity contribution < 1.29 is 0 Å². The summed E-state index contributed by atoms with van der Waals surface area (Å²) in [5.74, 6) is 0. The smallest absolute Gasteiger partial charge is 0.0519 e. The first-order valence-corrected chi connectivity index (χ1v) is 8.47. The molecular formula is C18H21BrClN. The summed E-state index contributed by atoms with van der Waals surface area (Å²) in [5.41, 5.74) is 4.97. The van der Waals surface area contributed by atoms with E-state index in [1.165, 1.54) is 22.4 Å². The zero-order chi connectivity index (χ0) is 15.4. The highest BCUT2D eigenvalue weighted by molar-refractivity contribution is 9.10. The lowest BCUT2D eigenvalue weighted by molar-refractivity contribution is 0.676. The molecule has 0 radical (unpaired) electrons. The van der Waals surface area contributed by atoms with E-state index in [4.69, 9.17) is 11.6 Å². The van der Waals surface area contributed by atoms with Crippen molar-refractivity contribution >= 4 is 33.2 Å². The van der Waals surface area contributed by atoms with Crippen molar-refractivity contribution in [2.24, 2.45) is 0 Å². The summed E-state index contributed by atoms with van der Waals surface area (Å²) in [5, 5.41) is 4.47. The Morgan fingerprint density at radius 2 is 1.81 bits per heavy atom. The zero-order valence-electron chi connectivity index (χ0n) is 12.7. The highest BCUT2D eigenvalue weighted by atomic mass is 79.9. The van der Waals surface area contributed by atoms with Crippen molar-refractivity contribution in [1.29, 1.82) is 0 Å². The van der Waals surface area contributed by atoms with Crippen LogP contribution in [-0.4, -0.2) is 0 Å². The van der Waals surface area contributed by atoms with E-state index in [1.54, 1.807) is 0 Å². The van der Waals surface area contributed by atoms with Gasteiger partial charge in [-0.15, -0.1) is 0 Å². The van der Waals surface area contributed by atoms with Gasteiger partial charge in [0.25, 0.3) is 0 Å². The molecule has 3 heteroatoms. The first kappa shape index (κ1) is 16.4. The Balaban J connectivity index is 2.30. The zero-order valence-corrected chi connectivity index (χ0v) is 15.1. The molecule has 0 amide bonds. The maximum atomic E-state index is 5.99. The molecule has 1 atom stereocenters. The number of aryl methyl sites for hydroxylation is 2. The van der Waals surface area contributed by atoms with Crippen LogP contribution >= 0.6 is 27.5 Å². The molecule has 0 aromatic heterocycles. The fourth-order valence-electron chi connectivity index (χ4n) is 2.58. The minimum Gasteiger partial charge on any atom is -0.377 e. The maximum Gasteiger partial charge on any atom is 0.0519 e. The van der Waals surface area contributed by atoms with E-state index in [2.05, 4.69) is 66.3 Å². The Morgan fingerprint density at radius 1 is 1.14 bits per heavy atom. The van der Waals surface area contributed by atoms with Gasteiger partial charge in [0, 0.05) is 9.50 Å². The summed E-state index contributed by atoms with van der Waals surface area (Å²) in [4.78, 5) is 0. The summed E-state index contributed by atoms with van der Waals surface area (Å²) < 4.78 is 1.12. The number of anilines is 1. The van der Waals surface area contributed by atoms with E-state index in [0.717, 1.165) is 22.3 Å². The third kappa shape index (κ3) is 4.24. The van der Waals surface area contributed by atoms with Crippen LogP contribution in [0, 0.1) is 13.8 Å². The third-order valence-corrected chi connectivity index (χ3v) is 4.48. The van der Waals surface area contributed by atoms with Gasteiger partial charge in [0.2, 0.25) is 0 Å². The van der Waals surface area contributed by atoms with E-state index in [-0.39, 0.29) is 0 Å². The number of nitrogens with one attached hydrogen (secondary N) is 1. The summed E-state index contributed by atoms with van der Waals surface area (Å²) >= 11 is 9.67. The fraction of sp³-hybridized carbons (Fsp3) is 0.333. The number of benzene rings is 2. The van der Waals surface area contributed by atoms with Crippen molar-refractivity contribution in [3.05, 3.63) is 62.6 Å². The second-order valence-electron chi connectivity index (χ2n) is 5.48. The van der Waals surface area contributed by atoms with Gasteiger partial charge in [-0.25, -0.2) is 0 Å². The van der Waals surface area contributed by atoms with Gasteiger partial charge in [0.15, 0.2) is 0 Å². The standard InChI is InChI=1S/C18H21BrClN/c1-4-5-17(14-6-8-15(20)9-7-14)21-18-13(3)10-12(2)11-16(18)19/h6-11,17,21H,4-5H2,1-3H3. The Labute approximate surface area is 140 Å². The molecule has 0 spiro atoms. The number of hydrogen-bond donors (Lipinski definition) is 1. The minimum atomic E-state index is 0.296. The predicted octanol–water partition coefficient (Wildman–Crippen LogP) is 6.67. The van der Waals surface area contributed by atoms with Gasteiger partial charge in [-0.3, -0.25) is 0 Å². The predicted molar refractivity (Wildman–Crippen MR) is 96.3 cm³/mol. The van der Waals surface area contributed by atoms with Gasteiger partial charge in [-0.2, -0.15) is 0 Å². The molecule has 0 aliphatic heterocycles. The Hall–Kier alpha value is -0.990. The average molecular weight is 367 g/mol. The van der Waals surface area contributed by atoms with Crippen LogP contribution in [0.15, 0.2) is 40.9 Å². The van der Waals surface area contributed by atoms with Crippen LogP contribution in [0.2, 0.25) is 5.02 Å². The fourth-order valence-corrected chi connectivity index (χ4v) is 3.49. The molecule has 0 heterocycles. The van der Waals surface area contributed by atoms with Crippen LogP contribution < -0.4 is 5.32 Å². The lowest BCUT2D eigenvalue weighted by atomic mass is 10.0. The van der Waals surface area contributed by atoms with E-state index in [1.807, 2.05) is 12.1 Å². The Kier molecular flexibility index (Phi) is 5.72. The maximum absolute atomic E-state index is 5.99. The van der Waals surface area contributed by atoms with Crippen LogP contribution in [-0.2, 0) is 0 Å². The molecule has 2 aromatic carbocycles. The molecule has 0 saturated heterocycles. The van der Waals surface area contributed by atoms with Gasteiger partial charge in [0.05, 0.1) is 11.7 Å². The van der Waals surface area contributed by atoms with Gasteiger partial charge >= 0.3 is 0 Å². The molecular weight excluding hydrogens is 346 g/mol. The lowest BCUT2D eigenvalue weighted by Crippen LogP contribution is -2.12. The molecule has 1 N–H and O–H groups in total. The number of halogens is 2. The van der Waals surface area contributed by atoms with Crippen LogP contribution in [0.5, 0.6) is 0 Å². The van der Waals surface area contributed by atoms with E-state index >= 15 is 0 Å². The monoisotopic (exact) mass is 365 g/mol. The lowest BCUT2D eigenvalue weighted by Gasteiger charge is -2.22. The molecule has 112 valence electrons. The average Bonchev–Trinajstić information content (AvgIpc) is 2.42. The van der Waals surface area contributed by atoms with Gasteiger partial charge in [0.1, 0.15) is 0 Å². The van der Waals surface area contributed by atoms with Crippen molar-refractivity contribution in [3.63, 3.8) is 0 Å². The van der Waals surface area contributed by atoms with E-state index < -0.39 is 0 Å². The topological polar surface area (TPSA) is 12.0 Å². The molecule has 2 aromatic rings. The van der Waals surface area contributed by atoms with Crippen molar-refractivity contribution in [2.45, 2.75) is 39.7 Å². The van der Waals surface area contributed by atoms with Crippen LogP contribution in [0.1, 0.15) is 42.5 Å². The second-order valence-corrected chi connectivity index (χ2v) is 6.77. The molecule has 0 bridgehead atoms. The highest BCUT2D eigenvalue weighted by Crippen LogP contribution is 2.33. The molecule has 1 unspecified atom stereocenters. The quantitative estimate of drug-likeness (QED) is 0.623. The molecule has 1 nitrogen and oxygen atoms in total. The van der Waals surface area contributed by atoms with Gasteiger partial charge in [-0.1, -0.05) is 43.1 Å². The largest absolute Gasteiger partial charge is 0.377 e. The van der Waals surface area contributed by atoms with Crippen LogP contribution in [0.3, 0.4) is 0 Å². The Morgan fingerprint density at radius 3 is 2.38 bits per heavy atom. The van der Waals surface area contributed by atoms with Gasteiger partial charge < -0.3 is 5.32 Å². The Bertz CT molecular complexity index is 584. The summed E-state index contributed by atoms with van der Waals surface area (Å²) in [7, 11) is 0.